The van der Waals surface area contributed by atoms with Gasteiger partial charge in [-0.1, -0.05) is 30.3 Å². The Hall–Kier alpha value is -3.59. The van der Waals surface area contributed by atoms with Crippen LogP contribution in [0.5, 0.6) is 17.2 Å². The number of carbonyl (C=O) groups excluding carboxylic acids is 1. The van der Waals surface area contributed by atoms with Gasteiger partial charge in [-0.15, -0.1) is 0 Å². The molecule has 4 bridgehead atoms. The Morgan fingerprint density at radius 2 is 1.73 bits per heavy atom. The van der Waals surface area contributed by atoms with Crippen LogP contribution in [0.2, 0.25) is 0 Å². The van der Waals surface area contributed by atoms with Gasteiger partial charge in [0.15, 0.2) is 11.5 Å². The quantitative estimate of drug-likeness (QED) is 0.264. The Balaban J connectivity index is 1.06. The lowest BCUT2D eigenvalue weighted by atomic mass is 9.35. The number of benzene rings is 3. The average molecular weight is 651 g/mol. The highest BCUT2D eigenvalue weighted by atomic mass is 16.6. The minimum Gasteiger partial charge on any atom is -0.497 e. The summed E-state index contributed by atoms with van der Waals surface area (Å²) in [6.07, 6.45) is 7.98. The smallest absolute Gasteiger partial charge is 0.248 e. The van der Waals surface area contributed by atoms with Crippen LogP contribution in [0.25, 0.3) is 0 Å². The number of hydrogen-bond donors (Lipinski definition) is 1. The Kier molecular flexibility index (Phi) is 7.12. The molecule has 7 aliphatic rings. The lowest BCUT2D eigenvalue weighted by Gasteiger charge is -2.74. The summed E-state index contributed by atoms with van der Waals surface area (Å²) in [4.78, 5) is 14.4. The van der Waals surface area contributed by atoms with Crippen LogP contribution in [-0.4, -0.2) is 62.5 Å². The molecule has 5 fully saturated rings. The van der Waals surface area contributed by atoms with Crippen molar-refractivity contribution in [1.82, 2.24) is 4.90 Å². The number of carbonyl (C=O) groups is 1. The number of nitrogens with two attached hydrogens (primary N) is 1. The number of amides is 1. The fourth-order valence-electron chi connectivity index (χ4n) is 10.8. The van der Waals surface area contributed by atoms with Gasteiger partial charge in [0, 0.05) is 47.6 Å². The number of ether oxygens (including phenoxy) is 5. The molecule has 2 spiro atoms. The normalized spacial score (nSPS) is 32.4. The molecule has 4 saturated carbocycles. The highest BCUT2D eigenvalue weighted by Crippen LogP contribution is 2.76. The zero-order valence-electron chi connectivity index (χ0n) is 28.0. The Morgan fingerprint density at radius 1 is 0.958 bits per heavy atom. The number of rotatable bonds is 12. The van der Waals surface area contributed by atoms with Crippen molar-refractivity contribution in [2.24, 2.45) is 23.0 Å². The zero-order chi connectivity index (χ0) is 32.7. The molecule has 2 N–H and O–H groups in total. The van der Waals surface area contributed by atoms with Gasteiger partial charge in [-0.05, 0) is 104 Å². The fourth-order valence-corrected chi connectivity index (χ4v) is 10.8. The molecule has 1 saturated heterocycles. The first-order valence-corrected chi connectivity index (χ1v) is 17.8. The largest absolute Gasteiger partial charge is 0.497 e. The first-order chi connectivity index (χ1) is 23.4. The van der Waals surface area contributed by atoms with Crippen molar-refractivity contribution >= 4 is 5.91 Å². The topological polar surface area (TPSA) is 92.5 Å². The maximum atomic E-state index is 11.6. The molecule has 3 aromatic rings. The number of nitrogens with zero attached hydrogens (tertiary/aromatic N) is 1. The maximum Gasteiger partial charge on any atom is 0.248 e. The Labute approximate surface area is 282 Å². The van der Waals surface area contributed by atoms with Crippen molar-refractivity contribution in [2.45, 2.75) is 81.3 Å². The molecule has 48 heavy (non-hydrogen) atoms. The van der Waals surface area contributed by atoms with Crippen molar-refractivity contribution in [1.29, 1.82) is 0 Å². The van der Waals surface area contributed by atoms with Crippen LogP contribution < -0.4 is 19.9 Å². The summed E-state index contributed by atoms with van der Waals surface area (Å²) in [6.45, 7) is 3.87. The molecule has 3 aromatic carbocycles. The van der Waals surface area contributed by atoms with Crippen LogP contribution >= 0.6 is 0 Å². The minimum absolute atomic E-state index is 0.0914. The fraction of sp³-hybridized carbons (Fsp3) is 0.525. The lowest BCUT2D eigenvalue weighted by molar-refractivity contribution is -0.283. The van der Waals surface area contributed by atoms with E-state index in [-0.39, 0.29) is 22.9 Å². The molecule has 8 heteroatoms. The summed E-state index contributed by atoms with van der Waals surface area (Å²) in [5.41, 5.74) is 10.5. The van der Waals surface area contributed by atoms with Gasteiger partial charge in [0.1, 0.15) is 24.1 Å². The summed E-state index contributed by atoms with van der Waals surface area (Å²) in [5, 5.41) is 0. The van der Waals surface area contributed by atoms with E-state index >= 15 is 0 Å². The number of hydrogen-bond acceptors (Lipinski definition) is 7. The van der Waals surface area contributed by atoms with Gasteiger partial charge in [0.25, 0.3) is 0 Å². The summed E-state index contributed by atoms with van der Waals surface area (Å²) >= 11 is 0. The third-order valence-electron chi connectivity index (χ3n) is 13.2. The van der Waals surface area contributed by atoms with Gasteiger partial charge in [-0.3, -0.25) is 9.69 Å². The van der Waals surface area contributed by atoms with E-state index in [9.17, 15) is 4.79 Å². The molecule has 2 unspecified atom stereocenters. The molecular weight excluding hydrogens is 604 g/mol. The van der Waals surface area contributed by atoms with Gasteiger partial charge in [0.05, 0.1) is 20.3 Å². The molecule has 10 rings (SSSR count). The van der Waals surface area contributed by atoms with Crippen LogP contribution in [0.3, 0.4) is 0 Å². The molecule has 1 amide bonds. The maximum absolute atomic E-state index is 11.6. The molecule has 5 aliphatic carbocycles. The predicted octanol–water partition coefficient (Wildman–Crippen LogP) is 5.81. The highest BCUT2D eigenvalue weighted by molar-refractivity contribution is 5.92. The summed E-state index contributed by atoms with van der Waals surface area (Å²) in [6, 6.07) is 20.5. The van der Waals surface area contributed by atoms with Crippen molar-refractivity contribution in [3.05, 3.63) is 88.5 Å². The van der Waals surface area contributed by atoms with E-state index in [1.165, 1.54) is 30.5 Å². The second-order valence-electron chi connectivity index (χ2n) is 15.2. The van der Waals surface area contributed by atoms with Crippen molar-refractivity contribution in [2.75, 3.05) is 33.9 Å². The van der Waals surface area contributed by atoms with E-state index in [0.717, 1.165) is 72.9 Å². The second kappa shape index (κ2) is 11.2. The van der Waals surface area contributed by atoms with E-state index < -0.39 is 11.5 Å². The van der Waals surface area contributed by atoms with Crippen LogP contribution in [0, 0.1) is 17.3 Å². The van der Waals surface area contributed by atoms with E-state index in [1.807, 2.05) is 31.4 Å². The van der Waals surface area contributed by atoms with Gasteiger partial charge in [0.2, 0.25) is 5.91 Å². The molecule has 252 valence electrons. The number of primary amides is 1. The number of fused-ring (bicyclic) bond motifs is 2. The Morgan fingerprint density at radius 3 is 2.46 bits per heavy atom. The average Bonchev–Trinajstić information content (AvgIpc) is 3.86. The third kappa shape index (κ3) is 4.34. The third-order valence-corrected chi connectivity index (χ3v) is 13.2. The first kappa shape index (κ1) is 30.5. The molecule has 8 nitrogen and oxygen atoms in total. The second-order valence-corrected chi connectivity index (χ2v) is 15.2. The van der Waals surface area contributed by atoms with Gasteiger partial charge < -0.3 is 29.4 Å². The number of methoxy groups -OCH3 is 2. The van der Waals surface area contributed by atoms with Crippen LogP contribution in [0.15, 0.2) is 60.7 Å². The first-order valence-electron chi connectivity index (χ1n) is 17.8. The number of piperidine rings is 1. The van der Waals surface area contributed by atoms with Crippen molar-refractivity contribution in [3.8, 4) is 17.2 Å². The van der Waals surface area contributed by atoms with Gasteiger partial charge >= 0.3 is 0 Å². The molecular formula is C40H46N2O6. The summed E-state index contributed by atoms with van der Waals surface area (Å²) in [5.74, 6) is 3.25. The lowest BCUT2D eigenvalue weighted by Crippen LogP contribution is -2.81. The van der Waals surface area contributed by atoms with E-state index in [0.29, 0.717) is 31.4 Å². The van der Waals surface area contributed by atoms with Gasteiger partial charge in [-0.25, -0.2) is 0 Å². The van der Waals surface area contributed by atoms with Crippen LogP contribution in [0.4, 0.5) is 0 Å². The van der Waals surface area contributed by atoms with Crippen LogP contribution in [0.1, 0.15) is 71.1 Å². The predicted molar refractivity (Wildman–Crippen MR) is 180 cm³/mol. The molecule has 2 aliphatic heterocycles. The molecule has 0 radical (unpaired) electrons. The van der Waals surface area contributed by atoms with Gasteiger partial charge in [-0.2, -0.15) is 0 Å². The standard InChI is InChI=1S/C40H46N2O6/c1-44-31-12-7-27(8-13-31)23-47-32-14-11-29-19-33-38-15-16-40(45-2,30(20-38)24-46-22-26-5-9-28(10-6-26)36(41)43)37-39(38,34(29)35(32)48-37)17-18-42(33)21-25-3-4-25/h5-14,25,30,33,37H,3-4,15-24H2,1-2H3,(H2,41,43)/t30-,33-,37-,38?,39+,40?/m1/s1. The van der Waals surface area contributed by atoms with Crippen molar-refractivity contribution in [3.63, 3.8) is 0 Å². The van der Waals surface area contributed by atoms with Crippen LogP contribution in [-0.2, 0) is 34.5 Å². The van der Waals surface area contributed by atoms with E-state index in [2.05, 4.69) is 29.2 Å². The highest BCUT2D eigenvalue weighted by Gasteiger charge is 2.80. The molecule has 6 atom stereocenters. The van der Waals surface area contributed by atoms with E-state index in [4.69, 9.17) is 29.4 Å². The SMILES string of the molecule is COc1ccc(COc2ccc3c4c2O[C@H]2C5(OC)CCC6(C[C@@H]5COCc5ccc(C(N)=O)cc5)[C@@H](C3)N(CC3CC3)CC[C@]426)cc1. The number of likely N-dealkylation sites (tertiary alicyclic amines) is 1. The molecule has 0 aromatic heterocycles. The minimum atomic E-state index is -0.457. The summed E-state index contributed by atoms with van der Waals surface area (Å²) in [7, 11) is 3.58. The zero-order valence-corrected chi connectivity index (χ0v) is 28.0. The Bertz CT molecular complexity index is 1720. The van der Waals surface area contributed by atoms with E-state index in [1.54, 1.807) is 19.2 Å². The molecule has 2 heterocycles. The summed E-state index contributed by atoms with van der Waals surface area (Å²) < 4.78 is 32.5. The van der Waals surface area contributed by atoms with Crippen molar-refractivity contribution < 1.29 is 28.5 Å². The monoisotopic (exact) mass is 650 g/mol.